The molecule has 0 aromatic rings. The van der Waals surface area contributed by atoms with Crippen molar-refractivity contribution in [2.24, 2.45) is 0 Å². The quantitative estimate of drug-likeness (QED) is 0.735. The van der Waals surface area contributed by atoms with E-state index in [2.05, 4.69) is 0 Å². The van der Waals surface area contributed by atoms with Crippen molar-refractivity contribution in [3.8, 4) is 0 Å². The first-order valence-corrected chi connectivity index (χ1v) is 4.20. The Labute approximate surface area is 80.5 Å². The molecule has 0 aliphatic carbocycles. The van der Waals surface area contributed by atoms with E-state index in [1.165, 1.54) is 13.8 Å². The number of carbonyl (C=O) groups excluding carboxylic acids is 1. The summed E-state index contributed by atoms with van der Waals surface area (Å²) in [5.74, 6) is -0.345. The van der Waals surface area contributed by atoms with Crippen LogP contribution in [-0.4, -0.2) is 47.7 Å². The molecular weight excluding hydrogens is 199 g/mol. The molecular formula is C8H14F3NO2. The predicted octanol–water partition coefficient (Wildman–Crippen LogP) is 0.821. The minimum atomic E-state index is -4.35. The van der Waals surface area contributed by atoms with Gasteiger partial charge in [0.25, 0.3) is 0 Å². The van der Waals surface area contributed by atoms with Crippen LogP contribution in [0.1, 0.15) is 13.8 Å². The van der Waals surface area contributed by atoms with Crippen molar-refractivity contribution in [2.45, 2.75) is 26.1 Å². The van der Waals surface area contributed by atoms with Crippen molar-refractivity contribution < 1.29 is 23.1 Å². The second kappa shape index (κ2) is 5.31. The van der Waals surface area contributed by atoms with Crippen LogP contribution in [0, 0.1) is 0 Å². The predicted molar refractivity (Wildman–Crippen MR) is 44.9 cm³/mol. The molecule has 0 fully saturated rings. The highest BCUT2D eigenvalue weighted by Crippen LogP contribution is 2.17. The number of hydrogen-bond donors (Lipinski definition) is 1. The summed E-state index contributed by atoms with van der Waals surface area (Å²) in [4.78, 5) is 11.8. The highest BCUT2D eigenvalue weighted by atomic mass is 19.4. The Balaban J connectivity index is 4.36. The van der Waals surface area contributed by atoms with Crippen LogP contribution < -0.4 is 0 Å². The molecule has 1 unspecified atom stereocenters. The summed E-state index contributed by atoms with van der Waals surface area (Å²) in [6, 6.07) is -0.816. The molecule has 84 valence electrons. The first-order valence-electron chi connectivity index (χ1n) is 4.20. The fraction of sp³-hybridized carbons (Fsp3) is 0.875. The minimum absolute atomic E-state index is 0.153. The van der Waals surface area contributed by atoms with Gasteiger partial charge >= 0.3 is 6.18 Å². The van der Waals surface area contributed by atoms with Crippen molar-refractivity contribution in [3.05, 3.63) is 0 Å². The largest absolute Gasteiger partial charge is 0.401 e. The van der Waals surface area contributed by atoms with Crippen LogP contribution in [0.15, 0.2) is 0 Å². The maximum absolute atomic E-state index is 12.0. The number of alkyl halides is 3. The first-order chi connectivity index (χ1) is 6.28. The van der Waals surface area contributed by atoms with Gasteiger partial charge in [-0.05, 0) is 13.8 Å². The Kier molecular flexibility index (Phi) is 5.07. The van der Waals surface area contributed by atoms with E-state index in [-0.39, 0.29) is 12.3 Å². The van der Waals surface area contributed by atoms with Gasteiger partial charge in [0.1, 0.15) is 5.78 Å². The van der Waals surface area contributed by atoms with E-state index in [1.807, 2.05) is 0 Å². The molecule has 0 radical (unpaired) electrons. The number of nitrogens with zero attached hydrogens (tertiary/aromatic N) is 1. The summed E-state index contributed by atoms with van der Waals surface area (Å²) in [5.41, 5.74) is 0. The second-order valence-electron chi connectivity index (χ2n) is 3.10. The van der Waals surface area contributed by atoms with Crippen LogP contribution in [0.3, 0.4) is 0 Å². The minimum Gasteiger partial charge on any atom is -0.395 e. The molecule has 0 saturated carbocycles. The molecule has 0 rings (SSSR count). The molecule has 0 spiro atoms. The number of carbonyl (C=O) groups is 1. The average Bonchev–Trinajstić information content (AvgIpc) is 1.99. The molecule has 0 aromatic heterocycles. The Bertz CT molecular complexity index is 194. The fourth-order valence-electron chi connectivity index (χ4n) is 1.03. The zero-order valence-electron chi connectivity index (χ0n) is 8.14. The lowest BCUT2D eigenvalue weighted by molar-refractivity contribution is -0.154. The summed E-state index contributed by atoms with van der Waals surface area (Å²) in [6.45, 7) is 0.900. The van der Waals surface area contributed by atoms with Crippen LogP contribution in [0.4, 0.5) is 13.2 Å². The maximum atomic E-state index is 12.0. The third-order valence-electron chi connectivity index (χ3n) is 1.91. The third-order valence-corrected chi connectivity index (χ3v) is 1.91. The fourth-order valence-corrected chi connectivity index (χ4v) is 1.03. The molecule has 0 aromatic carbocycles. The molecule has 3 nitrogen and oxygen atoms in total. The zero-order valence-corrected chi connectivity index (χ0v) is 8.14. The zero-order chi connectivity index (χ0) is 11.4. The summed E-state index contributed by atoms with van der Waals surface area (Å²) < 4.78 is 36.1. The van der Waals surface area contributed by atoms with Gasteiger partial charge in [-0.1, -0.05) is 0 Å². The maximum Gasteiger partial charge on any atom is 0.401 e. The number of Topliss-reactive ketones (excluding diaryl/α,β-unsaturated/α-hetero) is 1. The molecule has 0 bridgehead atoms. The molecule has 14 heavy (non-hydrogen) atoms. The molecule has 0 aliphatic rings. The molecule has 0 saturated heterocycles. The summed E-state index contributed by atoms with van der Waals surface area (Å²) in [7, 11) is 0. The Morgan fingerprint density at radius 1 is 1.50 bits per heavy atom. The van der Waals surface area contributed by atoms with E-state index in [9.17, 15) is 18.0 Å². The number of halogens is 3. The van der Waals surface area contributed by atoms with Crippen molar-refractivity contribution in [3.63, 3.8) is 0 Å². The lowest BCUT2D eigenvalue weighted by Crippen LogP contribution is -2.45. The second-order valence-corrected chi connectivity index (χ2v) is 3.10. The van der Waals surface area contributed by atoms with E-state index < -0.39 is 25.4 Å². The SMILES string of the molecule is CC(=O)C(C)N(CCO)CC(F)(F)F. The Hall–Kier alpha value is -0.620. The number of rotatable bonds is 5. The molecule has 6 heteroatoms. The van der Waals surface area contributed by atoms with Gasteiger partial charge in [-0.25, -0.2) is 0 Å². The van der Waals surface area contributed by atoms with Gasteiger partial charge in [0.05, 0.1) is 19.2 Å². The van der Waals surface area contributed by atoms with Gasteiger partial charge in [-0.2, -0.15) is 13.2 Å². The van der Waals surface area contributed by atoms with Gasteiger partial charge in [0.2, 0.25) is 0 Å². The average molecular weight is 213 g/mol. The molecule has 1 atom stereocenters. The number of hydrogen-bond acceptors (Lipinski definition) is 3. The van der Waals surface area contributed by atoms with Crippen LogP contribution in [0.25, 0.3) is 0 Å². The van der Waals surface area contributed by atoms with Crippen molar-refractivity contribution in [1.29, 1.82) is 0 Å². The molecule has 1 N–H and O–H groups in total. The monoisotopic (exact) mass is 213 g/mol. The number of aliphatic hydroxyl groups excluding tert-OH is 1. The van der Waals surface area contributed by atoms with E-state index in [1.54, 1.807) is 0 Å². The van der Waals surface area contributed by atoms with Crippen LogP contribution in [0.2, 0.25) is 0 Å². The summed E-state index contributed by atoms with van der Waals surface area (Å²) in [6.07, 6.45) is -4.35. The van der Waals surface area contributed by atoms with Crippen LogP contribution >= 0.6 is 0 Å². The normalized spacial score (nSPS) is 14.5. The van der Waals surface area contributed by atoms with E-state index >= 15 is 0 Å². The summed E-state index contributed by atoms with van der Waals surface area (Å²) in [5, 5.41) is 8.54. The van der Waals surface area contributed by atoms with Crippen molar-refractivity contribution in [2.75, 3.05) is 19.7 Å². The number of ketones is 1. The smallest absolute Gasteiger partial charge is 0.395 e. The first kappa shape index (κ1) is 13.4. The lowest BCUT2D eigenvalue weighted by Gasteiger charge is -2.27. The third kappa shape index (κ3) is 5.18. The Morgan fingerprint density at radius 2 is 2.00 bits per heavy atom. The molecule has 0 heterocycles. The van der Waals surface area contributed by atoms with Crippen molar-refractivity contribution >= 4 is 5.78 Å². The van der Waals surface area contributed by atoms with E-state index in [0.717, 1.165) is 4.90 Å². The van der Waals surface area contributed by atoms with Gasteiger partial charge in [0, 0.05) is 6.54 Å². The lowest BCUT2D eigenvalue weighted by atomic mass is 10.2. The standard InChI is InChI=1S/C8H14F3NO2/c1-6(7(2)14)12(3-4-13)5-8(9,10)11/h6,13H,3-5H2,1-2H3. The highest BCUT2D eigenvalue weighted by Gasteiger charge is 2.33. The summed E-state index contributed by atoms with van der Waals surface area (Å²) >= 11 is 0. The van der Waals surface area contributed by atoms with Crippen LogP contribution in [-0.2, 0) is 4.79 Å². The van der Waals surface area contributed by atoms with Crippen molar-refractivity contribution in [1.82, 2.24) is 4.90 Å². The Morgan fingerprint density at radius 3 is 2.29 bits per heavy atom. The molecule has 0 aliphatic heterocycles. The topological polar surface area (TPSA) is 40.5 Å². The van der Waals surface area contributed by atoms with E-state index in [0.29, 0.717) is 0 Å². The highest BCUT2D eigenvalue weighted by molar-refractivity contribution is 5.80. The van der Waals surface area contributed by atoms with Gasteiger partial charge in [-0.15, -0.1) is 0 Å². The van der Waals surface area contributed by atoms with E-state index in [4.69, 9.17) is 5.11 Å². The van der Waals surface area contributed by atoms with Gasteiger partial charge in [0.15, 0.2) is 0 Å². The van der Waals surface area contributed by atoms with Gasteiger partial charge in [-0.3, -0.25) is 9.69 Å². The van der Waals surface area contributed by atoms with Crippen LogP contribution in [0.5, 0.6) is 0 Å². The van der Waals surface area contributed by atoms with Gasteiger partial charge < -0.3 is 5.11 Å². The molecule has 0 amide bonds. The number of aliphatic hydroxyl groups is 1.